The van der Waals surface area contributed by atoms with Crippen molar-refractivity contribution >= 4 is 19.4 Å². The molecule has 5 heteroatoms. The summed E-state index contributed by atoms with van der Waals surface area (Å²) in [6.45, 7) is 5.90. The normalized spacial score (nSPS) is 17.1. The molecular formula is C12H19BN2O2. The summed E-state index contributed by atoms with van der Waals surface area (Å²) < 4.78 is 5.48. The lowest BCUT2D eigenvalue weighted by molar-refractivity contribution is -0.123. The molecule has 2 radical (unpaired) electrons. The standard InChI is InChI=1S/C10H11BN2O2.C2H6.H2/c1-2-8-10(14)13-7-3-6(4-11)12-5-9(7)15-8;1-2;/h3,5,8H,2,4H2,1H3,(H,13,14);1-2H3;1H. The van der Waals surface area contributed by atoms with Gasteiger partial charge in [0.15, 0.2) is 11.9 Å². The number of rotatable bonds is 2. The van der Waals surface area contributed by atoms with Crippen LogP contribution in [0.5, 0.6) is 5.75 Å². The quantitative estimate of drug-likeness (QED) is 0.797. The summed E-state index contributed by atoms with van der Waals surface area (Å²) in [7, 11) is 5.46. The molecule has 0 fully saturated rings. The number of nitrogens with one attached hydrogen (secondary N) is 1. The van der Waals surface area contributed by atoms with Gasteiger partial charge in [0.1, 0.15) is 0 Å². The molecule has 2 heterocycles. The van der Waals surface area contributed by atoms with Crippen molar-refractivity contribution in [2.45, 2.75) is 39.6 Å². The van der Waals surface area contributed by atoms with Crippen molar-refractivity contribution in [2.75, 3.05) is 5.32 Å². The van der Waals surface area contributed by atoms with Gasteiger partial charge in [0.2, 0.25) is 0 Å². The Morgan fingerprint density at radius 1 is 1.59 bits per heavy atom. The van der Waals surface area contributed by atoms with Gasteiger partial charge in [-0.2, -0.15) is 0 Å². The number of ether oxygens (including phenoxy) is 1. The number of hydrogen-bond donors (Lipinski definition) is 1. The van der Waals surface area contributed by atoms with Crippen LogP contribution in [0, 0.1) is 0 Å². The molecule has 0 aliphatic carbocycles. The second-order valence-corrected chi connectivity index (χ2v) is 3.38. The molecular weight excluding hydrogens is 215 g/mol. The van der Waals surface area contributed by atoms with Crippen molar-refractivity contribution in [3.63, 3.8) is 0 Å². The van der Waals surface area contributed by atoms with Crippen LogP contribution < -0.4 is 10.1 Å². The van der Waals surface area contributed by atoms with Gasteiger partial charge < -0.3 is 10.1 Å². The van der Waals surface area contributed by atoms with Crippen LogP contribution in [-0.2, 0) is 11.1 Å². The average Bonchev–Trinajstić information content (AvgIpc) is 2.39. The fraction of sp³-hybridized carbons (Fsp3) is 0.500. The first-order valence-corrected chi connectivity index (χ1v) is 5.91. The zero-order valence-electron chi connectivity index (χ0n) is 10.5. The molecule has 0 saturated heterocycles. The van der Waals surface area contributed by atoms with E-state index in [1.807, 2.05) is 20.8 Å². The van der Waals surface area contributed by atoms with Crippen molar-refractivity contribution in [1.29, 1.82) is 0 Å². The van der Waals surface area contributed by atoms with Crippen LogP contribution in [0.2, 0.25) is 0 Å². The molecule has 1 aromatic heterocycles. The number of carbonyl (C=O) groups is 1. The first kappa shape index (κ1) is 13.5. The summed E-state index contributed by atoms with van der Waals surface area (Å²) in [6, 6.07) is 1.74. The zero-order chi connectivity index (χ0) is 12.8. The Bertz CT molecular complexity index is 402. The molecule has 92 valence electrons. The highest BCUT2D eigenvalue weighted by Gasteiger charge is 2.26. The maximum absolute atomic E-state index is 11.5. The predicted molar refractivity (Wildman–Crippen MR) is 70.5 cm³/mol. The van der Waals surface area contributed by atoms with E-state index >= 15 is 0 Å². The van der Waals surface area contributed by atoms with Crippen LogP contribution in [0.15, 0.2) is 12.3 Å². The van der Waals surface area contributed by atoms with Gasteiger partial charge >= 0.3 is 0 Å². The lowest BCUT2D eigenvalue weighted by Crippen LogP contribution is -2.36. The Morgan fingerprint density at radius 3 is 2.88 bits per heavy atom. The van der Waals surface area contributed by atoms with E-state index in [4.69, 9.17) is 12.6 Å². The summed E-state index contributed by atoms with van der Waals surface area (Å²) in [5.74, 6) is 0.498. The summed E-state index contributed by atoms with van der Waals surface area (Å²) in [5, 5.41) is 2.78. The second kappa shape index (κ2) is 6.28. The summed E-state index contributed by atoms with van der Waals surface area (Å²) in [6.07, 6.45) is 2.17. The summed E-state index contributed by atoms with van der Waals surface area (Å²) in [4.78, 5) is 15.6. The van der Waals surface area contributed by atoms with E-state index in [1.54, 1.807) is 12.3 Å². The van der Waals surface area contributed by atoms with Crippen LogP contribution in [0.25, 0.3) is 0 Å². The highest BCUT2D eigenvalue weighted by Crippen LogP contribution is 2.29. The molecule has 1 N–H and O–H groups in total. The minimum Gasteiger partial charge on any atom is -0.477 e. The minimum atomic E-state index is -0.414. The van der Waals surface area contributed by atoms with Crippen LogP contribution in [-0.4, -0.2) is 24.8 Å². The Hall–Kier alpha value is -1.52. The van der Waals surface area contributed by atoms with Gasteiger partial charge in [0.05, 0.1) is 19.7 Å². The lowest BCUT2D eigenvalue weighted by Gasteiger charge is -2.24. The van der Waals surface area contributed by atoms with Crippen molar-refractivity contribution in [1.82, 2.24) is 4.98 Å². The zero-order valence-corrected chi connectivity index (χ0v) is 10.5. The number of amides is 1. The van der Waals surface area contributed by atoms with E-state index in [0.717, 1.165) is 5.69 Å². The van der Waals surface area contributed by atoms with Gasteiger partial charge in [-0.05, 0) is 18.8 Å². The van der Waals surface area contributed by atoms with Crippen molar-refractivity contribution in [3.05, 3.63) is 18.0 Å². The van der Waals surface area contributed by atoms with Crippen LogP contribution in [0.4, 0.5) is 5.69 Å². The van der Waals surface area contributed by atoms with Gasteiger partial charge in [-0.15, -0.1) is 0 Å². The Balaban J connectivity index is 0.000000917. The molecule has 0 spiro atoms. The van der Waals surface area contributed by atoms with Gasteiger partial charge in [0, 0.05) is 7.12 Å². The van der Waals surface area contributed by atoms with Crippen LogP contribution in [0.1, 0.15) is 34.3 Å². The molecule has 1 unspecified atom stereocenters. The number of nitrogens with zero attached hydrogens (tertiary/aromatic N) is 1. The molecule has 0 aromatic carbocycles. The molecule has 4 nitrogen and oxygen atoms in total. The van der Waals surface area contributed by atoms with Gasteiger partial charge in [0.25, 0.3) is 5.91 Å². The SMILES string of the molecule is CC.[B]Cc1cc2c(cn1)OC(CC)C(=O)N2.[HH]. The van der Waals surface area contributed by atoms with Crippen molar-refractivity contribution in [2.24, 2.45) is 0 Å². The highest BCUT2D eigenvalue weighted by molar-refractivity contribution is 6.08. The third-order valence-electron chi connectivity index (χ3n) is 2.32. The molecule has 17 heavy (non-hydrogen) atoms. The first-order valence-electron chi connectivity index (χ1n) is 5.91. The van der Waals surface area contributed by atoms with Gasteiger partial charge in [-0.1, -0.05) is 20.8 Å². The maximum Gasteiger partial charge on any atom is 0.265 e. The molecule has 2 rings (SSSR count). The fourth-order valence-electron chi connectivity index (χ4n) is 1.48. The average molecular weight is 234 g/mol. The summed E-state index contributed by atoms with van der Waals surface area (Å²) in [5.41, 5.74) is 1.38. The third-order valence-corrected chi connectivity index (χ3v) is 2.32. The lowest BCUT2D eigenvalue weighted by atomic mass is 10.0. The number of hydrogen-bond acceptors (Lipinski definition) is 3. The Kier molecular flexibility index (Phi) is 5.00. The monoisotopic (exact) mass is 234 g/mol. The highest BCUT2D eigenvalue weighted by atomic mass is 16.5. The molecule has 1 amide bonds. The largest absolute Gasteiger partial charge is 0.477 e. The van der Waals surface area contributed by atoms with E-state index in [9.17, 15) is 4.79 Å². The smallest absolute Gasteiger partial charge is 0.265 e. The van der Waals surface area contributed by atoms with Crippen LogP contribution >= 0.6 is 0 Å². The van der Waals surface area contributed by atoms with E-state index in [2.05, 4.69) is 10.3 Å². The molecule has 1 atom stereocenters. The number of carbonyl (C=O) groups excluding carboxylic acids is 1. The summed E-state index contributed by atoms with van der Waals surface area (Å²) >= 11 is 0. The predicted octanol–water partition coefficient (Wildman–Crippen LogP) is 2.13. The Morgan fingerprint density at radius 2 is 2.29 bits per heavy atom. The van der Waals surface area contributed by atoms with Crippen molar-refractivity contribution in [3.8, 4) is 5.75 Å². The minimum absolute atomic E-state index is 0. The van der Waals surface area contributed by atoms with E-state index in [0.29, 0.717) is 24.2 Å². The van der Waals surface area contributed by atoms with Gasteiger partial charge in [-0.25, -0.2) is 0 Å². The first-order chi connectivity index (χ1) is 8.24. The molecule has 0 saturated carbocycles. The van der Waals surface area contributed by atoms with E-state index in [1.165, 1.54) is 0 Å². The van der Waals surface area contributed by atoms with Crippen molar-refractivity contribution < 1.29 is 11.0 Å². The molecule has 0 bridgehead atoms. The number of pyridine rings is 1. The second-order valence-electron chi connectivity index (χ2n) is 3.38. The fourth-order valence-corrected chi connectivity index (χ4v) is 1.48. The number of anilines is 1. The maximum atomic E-state index is 11.5. The number of fused-ring (bicyclic) bond motifs is 1. The molecule has 1 aliphatic heterocycles. The number of aromatic nitrogens is 1. The molecule has 1 aliphatic rings. The Labute approximate surface area is 105 Å². The molecule has 1 aromatic rings. The van der Waals surface area contributed by atoms with Gasteiger partial charge in [-0.3, -0.25) is 9.78 Å². The van der Waals surface area contributed by atoms with Crippen LogP contribution in [0.3, 0.4) is 0 Å². The van der Waals surface area contributed by atoms with E-state index < -0.39 is 6.10 Å². The third kappa shape index (κ3) is 2.99. The topological polar surface area (TPSA) is 51.2 Å². The van der Waals surface area contributed by atoms with E-state index in [-0.39, 0.29) is 7.33 Å².